The molecule has 5 heteroatoms. The maximum absolute atomic E-state index is 9.23. The van der Waals surface area contributed by atoms with Gasteiger partial charge in [-0.15, -0.1) is 0 Å². The molecule has 0 aliphatic carbocycles. The number of anilines is 1. The molecule has 0 radical (unpaired) electrons. The number of hydrogen-bond donors (Lipinski definition) is 2. The summed E-state index contributed by atoms with van der Waals surface area (Å²) in [5.74, 6) is 0.987. The highest BCUT2D eigenvalue weighted by molar-refractivity contribution is 5.48. The molecule has 0 saturated carbocycles. The molecule has 0 spiro atoms. The third-order valence-electron chi connectivity index (χ3n) is 3.22. The summed E-state index contributed by atoms with van der Waals surface area (Å²) in [5.41, 5.74) is 1.17. The molecule has 18 heavy (non-hydrogen) atoms. The van der Waals surface area contributed by atoms with Gasteiger partial charge in [-0.2, -0.15) is 0 Å². The van der Waals surface area contributed by atoms with E-state index in [2.05, 4.69) is 28.2 Å². The zero-order chi connectivity index (χ0) is 13.0. The Kier molecular flexibility index (Phi) is 4.52. The predicted molar refractivity (Wildman–Crippen MR) is 70.6 cm³/mol. The van der Waals surface area contributed by atoms with Crippen molar-refractivity contribution in [3.63, 3.8) is 0 Å². The number of nitrogens with zero attached hydrogens (tertiary/aromatic N) is 2. The number of aliphatic hydroxyl groups is 1. The van der Waals surface area contributed by atoms with Gasteiger partial charge < -0.3 is 20.1 Å². The quantitative estimate of drug-likeness (QED) is 0.810. The van der Waals surface area contributed by atoms with Crippen LogP contribution in [0.4, 0.5) is 5.82 Å². The smallest absolute Gasteiger partial charge is 0.133 e. The van der Waals surface area contributed by atoms with Gasteiger partial charge in [0.25, 0.3) is 0 Å². The standard InChI is InChI=1S/C13H21N3O2/c1-10-9-18-12(8-17)7-16(10)13-11(6-14-2)4-3-5-15-13/h3-5,10,12,14,17H,6-9H2,1-2H3. The Hall–Kier alpha value is -1.17. The van der Waals surface area contributed by atoms with Crippen LogP contribution in [0.2, 0.25) is 0 Å². The van der Waals surface area contributed by atoms with Gasteiger partial charge in [0, 0.05) is 24.8 Å². The third kappa shape index (κ3) is 2.80. The second kappa shape index (κ2) is 6.13. The number of rotatable bonds is 4. The van der Waals surface area contributed by atoms with Crippen LogP contribution in [0.15, 0.2) is 18.3 Å². The third-order valence-corrected chi connectivity index (χ3v) is 3.22. The second-order valence-corrected chi connectivity index (χ2v) is 4.66. The maximum atomic E-state index is 9.23. The van der Waals surface area contributed by atoms with Gasteiger partial charge in [-0.3, -0.25) is 0 Å². The molecule has 1 saturated heterocycles. The summed E-state index contributed by atoms with van der Waals surface area (Å²) < 4.78 is 5.56. The van der Waals surface area contributed by atoms with E-state index in [1.54, 1.807) is 0 Å². The number of hydrogen-bond acceptors (Lipinski definition) is 5. The summed E-state index contributed by atoms with van der Waals surface area (Å²) in [5, 5.41) is 12.4. The van der Waals surface area contributed by atoms with E-state index in [0.29, 0.717) is 13.2 Å². The molecule has 2 rings (SSSR count). The lowest BCUT2D eigenvalue weighted by Gasteiger charge is -2.39. The van der Waals surface area contributed by atoms with Gasteiger partial charge in [-0.25, -0.2) is 4.98 Å². The average Bonchev–Trinajstić information content (AvgIpc) is 2.41. The Morgan fingerprint density at radius 2 is 2.44 bits per heavy atom. The molecule has 5 nitrogen and oxygen atoms in total. The van der Waals surface area contributed by atoms with E-state index in [1.807, 2.05) is 19.3 Å². The van der Waals surface area contributed by atoms with E-state index < -0.39 is 0 Å². The minimum absolute atomic E-state index is 0.0530. The topological polar surface area (TPSA) is 57.6 Å². The molecule has 1 aromatic heterocycles. The first kappa shape index (κ1) is 13.3. The Bertz CT molecular complexity index is 386. The monoisotopic (exact) mass is 251 g/mol. The van der Waals surface area contributed by atoms with E-state index in [9.17, 15) is 5.11 Å². The first-order chi connectivity index (χ1) is 8.76. The van der Waals surface area contributed by atoms with Crippen molar-refractivity contribution >= 4 is 5.82 Å². The molecule has 0 aromatic carbocycles. The van der Waals surface area contributed by atoms with E-state index in [1.165, 1.54) is 5.56 Å². The molecule has 1 aliphatic heterocycles. The van der Waals surface area contributed by atoms with E-state index >= 15 is 0 Å². The van der Waals surface area contributed by atoms with Crippen LogP contribution in [0.3, 0.4) is 0 Å². The van der Waals surface area contributed by atoms with Gasteiger partial charge in [0.05, 0.1) is 25.4 Å². The number of pyridine rings is 1. The van der Waals surface area contributed by atoms with Crippen LogP contribution in [-0.4, -0.2) is 49.0 Å². The van der Waals surface area contributed by atoms with Crippen LogP contribution in [-0.2, 0) is 11.3 Å². The Morgan fingerprint density at radius 1 is 1.61 bits per heavy atom. The van der Waals surface area contributed by atoms with Gasteiger partial charge in [0.15, 0.2) is 0 Å². The molecule has 2 N–H and O–H groups in total. The lowest BCUT2D eigenvalue weighted by molar-refractivity contribution is -0.0106. The van der Waals surface area contributed by atoms with Gasteiger partial charge in [0.1, 0.15) is 5.82 Å². The minimum atomic E-state index is -0.120. The zero-order valence-electron chi connectivity index (χ0n) is 11.0. The maximum Gasteiger partial charge on any atom is 0.133 e. The van der Waals surface area contributed by atoms with Crippen molar-refractivity contribution in [2.45, 2.75) is 25.6 Å². The highest BCUT2D eigenvalue weighted by atomic mass is 16.5. The molecule has 2 heterocycles. The molecule has 2 unspecified atom stereocenters. The SMILES string of the molecule is CNCc1cccnc1N1CC(CO)OCC1C. The van der Waals surface area contributed by atoms with Crippen molar-refractivity contribution in [3.8, 4) is 0 Å². The highest BCUT2D eigenvalue weighted by Gasteiger charge is 2.27. The first-order valence-corrected chi connectivity index (χ1v) is 6.33. The fraction of sp³-hybridized carbons (Fsp3) is 0.615. The molecular weight excluding hydrogens is 230 g/mol. The van der Waals surface area contributed by atoms with Crippen molar-refractivity contribution in [1.82, 2.24) is 10.3 Å². The zero-order valence-corrected chi connectivity index (χ0v) is 11.0. The van der Waals surface area contributed by atoms with Crippen molar-refractivity contribution in [2.75, 3.05) is 31.7 Å². The summed E-state index contributed by atoms with van der Waals surface area (Å²) >= 11 is 0. The fourth-order valence-corrected chi connectivity index (χ4v) is 2.24. The largest absolute Gasteiger partial charge is 0.394 e. The van der Waals surface area contributed by atoms with E-state index in [0.717, 1.165) is 12.4 Å². The molecule has 2 atom stereocenters. The van der Waals surface area contributed by atoms with Gasteiger partial charge in [0.2, 0.25) is 0 Å². The van der Waals surface area contributed by atoms with Crippen LogP contribution < -0.4 is 10.2 Å². The van der Waals surface area contributed by atoms with Crippen LogP contribution in [0.25, 0.3) is 0 Å². The highest BCUT2D eigenvalue weighted by Crippen LogP contribution is 2.23. The van der Waals surface area contributed by atoms with E-state index in [-0.39, 0.29) is 18.8 Å². The number of ether oxygens (including phenoxy) is 1. The average molecular weight is 251 g/mol. The van der Waals surface area contributed by atoms with Crippen molar-refractivity contribution in [1.29, 1.82) is 0 Å². The summed E-state index contributed by atoms with van der Waals surface area (Å²) in [6, 6.07) is 4.30. The number of nitrogens with one attached hydrogen (secondary N) is 1. The van der Waals surface area contributed by atoms with Crippen LogP contribution in [0, 0.1) is 0 Å². The lowest BCUT2D eigenvalue weighted by Crippen LogP contribution is -2.50. The minimum Gasteiger partial charge on any atom is -0.394 e. The van der Waals surface area contributed by atoms with Crippen molar-refractivity contribution < 1.29 is 9.84 Å². The molecule has 1 fully saturated rings. The summed E-state index contributed by atoms with van der Waals surface area (Å²) in [4.78, 5) is 6.71. The van der Waals surface area contributed by atoms with Gasteiger partial charge in [-0.1, -0.05) is 6.07 Å². The number of morpholine rings is 1. The first-order valence-electron chi connectivity index (χ1n) is 6.33. The van der Waals surface area contributed by atoms with Crippen LogP contribution >= 0.6 is 0 Å². The fourth-order valence-electron chi connectivity index (χ4n) is 2.24. The predicted octanol–water partition coefficient (Wildman–Crippen LogP) is 0.387. The molecule has 100 valence electrons. The Morgan fingerprint density at radius 3 is 3.17 bits per heavy atom. The van der Waals surface area contributed by atoms with Crippen LogP contribution in [0.1, 0.15) is 12.5 Å². The summed E-state index contributed by atoms with van der Waals surface area (Å²) in [6.45, 7) is 4.27. The number of aliphatic hydroxyl groups excluding tert-OH is 1. The number of aromatic nitrogens is 1. The molecule has 0 bridgehead atoms. The molecule has 1 aliphatic rings. The lowest BCUT2D eigenvalue weighted by atomic mass is 10.1. The van der Waals surface area contributed by atoms with Crippen LogP contribution in [0.5, 0.6) is 0 Å². The second-order valence-electron chi connectivity index (χ2n) is 4.66. The van der Waals surface area contributed by atoms with Gasteiger partial charge >= 0.3 is 0 Å². The normalized spacial score (nSPS) is 24.3. The molecule has 1 aromatic rings. The molecule has 0 amide bonds. The van der Waals surface area contributed by atoms with Crippen molar-refractivity contribution in [2.24, 2.45) is 0 Å². The summed E-state index contributed by atoms with van der Waals surface area (Å²) in [7, 11) is 1.93. The van der Waals surface area contributed by atoms with E-state index in [4.69, 9.17) is 4.74 Å². The van der Waals surface area contributed by atoms with Crippen molar-refractivity contribution in [3.05, 3.63) is 23.9 Å². The van der Waals surface area contributed by atoms with Gasteiger partial charge in [-0.05, 0) is 20.0 Å². The Labute approximate surface area is 108 Å². The molecular formula is C13H21N3O2. The Balaban J connectivity index is 2.22. The summed E-state index contributed by atoms with van der Waals surface area (Å²) in [6.07, 6.45) is 1.69.